The highest BCUT2D eigenvalue weighted by atomic mass is 79.9. The third-order valence-electron chi connectivity index (χ3n) is 1.54. The van der Waals surface area contributed by atoms with Crippen molar-refractivity contribution in [1.29, 1.82) is 0 Å². The zero-order valence-electron chi connectivity index (χ0n) is 5.28. The van der Waals surface area contributed by atoms with Crippen LogP contribution in [0.1, 0.15) is 20.3 Å². The van der Waals surface area contributed by atoms with Crippen molar-refractivity contribution in [1.82, 2.24) is 0 Å². The Balaban J connectivity index is 2.17. The van der Waals surface area contributed by atoms with E-state index >= 15 is 0 Å². The molecule has 2 heteroatoms. The molecule has 1 atom stereocenters. The van der Waals surface area contributed by atoms with Crippen LogP contribution in [0.25, 0.3) is 0 Å². The van der Waals surface area contributed by atoms with E-state index in [4.69, 9.17) is 4.74 Å². The molecule has 1 nitrogen and oxygen atoms in total. The topological polar surface area (TPSA) is 12.5 Å². The largest absolute Gasteiger partial charge is 0.367 e. The van der Waals surface area contributed by atoms with Crippen LogP contribution in [-0.2, 0) is 4.74 Å². The summed E-state index contributed by atoms with van der Waals surface area (Å²) < 4.78 is 5.31. The third kappa shape index (κ3) is 1.23. The van der Waals surface area contributed by atoms with Crippen LogP contribution in [-0.4, -0.2) is 17.0 Å². The molecule has 1 fully saturated rings. The van der Waals surface area contributed by atoms with Gasteiger partial charge < -0.3 is 4.74 Å². The first-order chi connectivity index (χ1) is 3.67. The summed E-state index contributed by atoms with van der Waals surface area (Å²) in [7, 11) is 0. The molecule has 0 saturated carbocycles. The zero-order chi connectivity index (χ0) is 6.20. The Hall–Kier alpha value is 0.440. The molecule has 1 aliphatic heterocycles. The lowest BCUT2D eigenvalue weighted by Crippen LogP contribution is -2.02. The summed E-state index contributed by atoms with van der Waals surface area (Å²) >= 11 is 3.36. The van der Waals surface area contributed by atoms with Gasteiger partial charge in [0.1, 0.15) is 0 Å². The van der Waals surface area contributed by atoms with E-state index in [0.717, 1.165) is 11.8 Å². The molecule has 0 amide bonds. The van der Waals surface area contributed by atoms with Crippen LogP contribution in [0.15, 0.2) is 0 Å². The summed E-state index contributed by atoms with van der Waals surface area (Å²) in [6, 6.07) is 0. The molecule has 1 saturated heterocycles. The smallest absolute Gasteiger partial charge is 0.0892 e. The second kappa shape index (κ2) is 1.99. The molecule has 1 rings (SSSR count). The highest BCUT2D eigenvalue weighted by Crippen LogP contribution is 2.37. The van der Waals surface area contributed by atoms with Crippen molar-refractivity contribution in [2.75, 3.05) is 5.33 Å². The Kier molecular flexibility index (Phi) is 1.63. The SMILES string of the molecule is CC1(C)OC1CCBr. The number of epoxide rings is 1. The Morgan fingerprint density at radius 1 is 1.62 bits per heavy atom. The number of hydrogen-bond acceptors (Lipinski definition) is 1. The molecule has 0 aromatic heterocycles. The zero-order valence-corrected chi connectivity index (χ0v) is 6.86. The van der Waals surface area contributed by atoms with Crippen LogP contribution in [0.4, 0.5) is 0 Å². The first kappa shape index (κ1) is 6.56. The van der Waals surface area contributed by atoms with E-state index in [1.54, 1.807) is 0 Å². The maximum absolute atomic E-state index is 5.31. The summed E-state index contributed by atoms with van der Waals surface area (Å²) in [4.78, 5) is 0. The fraction of sp³-hybridized carbons (Fsp3) is 1.00. The number of rotatable bonds is 2. The van der Waals surface area contributed by atoms with E-state index in [9.17, 15) is 0 Å². The van der Waals surface area contributed by atoms with Gasteiger partial charge in [-0.15, -0.1) is 0 Å². The molecular weight excluding hydrogens is 168 g/mol. The molecule has 1 aliphatic rings. The summed E-state index contributed by atoms with van der Waals surface area (Å²) in [6.07, 6.45) is 1.66. The molecule has 0 aliphatic carbocycles. The fourth-order valence-electron chi connectivity index (χ4n) is 0.838. The van der Waals surface area contributed by atoms with Gasteiger partial charge in [0.05, 0.1) is 11.7 Å². The van der Waals surface area contributed by atoms with Crippen molar-refractivity contribution in [2.45, 2.75) is 32.0 Å². The predicted octanol–water partition coefficient (Wildman–Crippen LogP) is 1.95. The minimum Gasteiger partial charge on any atom is -0.367 e. The maximum Gasteiger partial charge on any atom is 0.0892 e. The van der Waals surface area contributed by atoms with Crippen molar-refractivity contribution in [3.05, 3.63) is 0 Å². The average molecular weight is 179 g/mol. The van der Waals surface area contributed by atoms with Crippen molar-refractivity contribution in [2.24, 2.45) is 0 Å². The Morgan fingerprint density at radius 3 is 2.25 bits per heavy atom. The van der Waals surface area contributed by atoms with Crippen LogP contribution >= 0.6 is 15.9 Å². The molecule has 0 aromatic rings. The van der Waals surface area contributed by atoms with Gasteiger partial charge in [0.15, 0.2) is 0 Å². The van der Waals surface area contributed by atoms with Crippen LogP contribution in [0.2, 0.25) is 0 Å². The molecule has 8 heavy (non-hydrogen) atoms. The molecule has 0 spiro atoms. The molecule has 48 valence electrons. The van der Waals surface area contributed by atoms with E-state index < -0.39 is 0 Å². The second-order valence-electron chi connectivity index (χ2n) is 2.69. The first-order valence-electron chi connectivity index (χ1n) is 2.90. The van der Waals surface area contributed by atoms with Crippen LogP contribution in [0, 0.1) is 0 Å². The standard InChI is InChI=1S/C6H11BrO/c1-6(2)5(8-6)3-4-7/h5H,3-4H2,1-2H3. The van der Waals surface area contributed by atoms with Crippen LogP contribution < -0.4 is 0 Å². The molecule has 0 aromatic carbocycles. The van der Waals surface area contributed by atoms with Crippen molar-refractivity contribution < 1.29 is 4.74 Å². The van der Waals surface area contributed by atoms with Gasteiger partial charge in [-0.25, -0.2) is 0 Å². The monoisotopic (exact) mass is 178 g/mol. The molecule has 0 bridgehead atoms. The van der Waals surface area contributed by atoms with Gasteiger partial charge >= 0.3 is 0 Å². The lowest BCUT2D eigenvalue weighted by molar-refractivity contribution is 0.322. The van der Waals surface area contributed by atoms with Gasteiger partial charge in [-0.2, -0.15) is 0 Å². The number of halogens is 1. The molecule has 0 radical (unpaired) electrons. The maximum atomic E-state index is 5.31. The molecule has 1 unspecified atom stereocenters. The minimum atomic E-state index is 0.188. The highest BCUT2D eigenvalue weighted by Gasteiger charge is 2.46. The quantitative estimate of drug-likeness (QED) is 0.466. The van der Waals surface area contributed by atoms with Gasteiger partial charge in [-0.3, -0.25) is 0 Å². The Morgan fingerprint density at radius 2 is 2.12 bits per heavy atom. The van der Waals surface area contributed by atoms with Gasteiger partial charge in [0.25, 0.3) is 0 Å². The fourth-order valence-corrected chi connectivity index (χ4v) is 1.25. The van der Waals surface area contributed by atoms with Gasteiger partial charge in [-0.05, 0) is 20.3 Å². The highest BCUT2D eigenvalue weighted by molar-refractivity contribution is 9.09. The molecule has 0 N–H and O–H groups in total. The predicted molar refractivity (Wildman–Crippen MR) is 37.4 cm³/mol. The van der Waals surface area contributed by atoms with E-state index in [1.807, 2.05) is 0 Å². The van der Waals surface area contributed by atoms with Gasteiger partial charge in [-0.1, -0.05) is 15.9 Å². The van der Waals surface area contributed by atoms with E-state index in [1.165, 1.54) is 0 Å². The third-order valence-corrected chi connectivity index (χ3v) is 1.99. The Bertz CT molecular complexity index is 90.5. The lowest BCUT2D eigenvalue weighted by Gasteiger charge is -1.90. The lowest BCUT2D eigenvalue weighted by atomic mass is 10.1. The Labute approximate surface area is 58.5 Å². The second-order valence-corrected chi connectivity index (χ2v) is 3.48. The first-order valence-corrected chi connectivity index (χ1v) is 4.03. The van der Waals surface area contributed by atoms with E-state index in [2.05, 4.69) is 29.8 Å². The summed E-state index contributed by atoms with van der Waals surface area (Å²) in [6.45, 7) is 4.25. The normalized spacial score (nSPS) is 32.6. The minimum absolute atomic E-state index is 0.188. The van der Waals surface area contributed by atoms with Gasteiger partial charge in [0.2, 0.25) is 0 Å². The van der Waals surface area contributed by atoms with E-state index in [-0.39, 0.29) is 5.60 Å². The number of ether oxygens (including phenoxy) is 1. The number of hydrogen-bond donors (Lipinski definition) is 0. The summed E-state index contributed by atoms with van der Waals surface area (Å²) in [5, 5.41) is 1.06. The van der Waals surface area contributed by atoms with Crippen molar-refractivity contribution in [3.63, 3.8) is 0 Å². The van der Waals surface area contributed by atoms with Crippen molar-refractivity contribution >= 4 is 15.9 Å². The molecule has 1 heterocycles. The van der Waals surface area contributed by atoms with Crippen LogP contribution in [0.5, 0.6) is 0 Å². The number of alkyl halides is 1. The van der Waals surface area contributed by atoms with Crippen molar-refractivity contribution in [3.8, 4) is 0 Å². The van der Waals surface area contributed by atoms with Crippen LogP contribution in [0.3, 0.4) is 0 Å². The summed E-state index contributed by atoms with van der Waals surface area (Å²) in [5.74, 6) is 0. The van der Waals surface area contributed by atoms with Gasteiger partial charge in [0, 0.05) is 5.33 Å². The summed E-state index contributed by atoms with van der Waals surface area (Å²) in [5.41, 5.74) is 0.188. The van der Waals surface area contributed by atoms with E-state index in [0.29, 0.717) is 6.10 Å². The molecular formula is C6H11BrO. The average Bonchev–Trinajstić information content (AvgIpc) is 2.15.